The van der Waals surface area contributed by atoms with E-state index in [2.05, 4.69) is 23.7 Å². The number of hydrogen-bond acceptors (Lipinski definition) is 4. The van der Waals surface area contributed by atoms with Gasteiger partial charge >= 0.3 is 0 Å². The van der Waals surface area contributed by atoms with Crippen molar-refractivity contribution in [2.45, 2.75) is 33.6 Å². The molecule has 1 aromatic rings. The number of rotatable bonds is 7. The summed E-state index contributed by atoms with van der Waals surface area (Å²) in [4.78, 5) is 18.3. The predicted molar refractivity (Wildman–Crippen MR) is 68.0 cm³/mol. The maximum absolute atomic E-state index is 11.7. The summed E-state index contributed by atoms with van der Waals surface area (Å²) in [6, 6.07) is 0. The Morgan fingerprint density at radius 1 is 1.44 bits per heavy atom. The van der Waals surface area contributed by atoms with Gasteiger partial charge in [0, 0.05) is 24.0 Å². The molecule has 1 aromatic heterocycles. The van der Waals surface area contributed by atoms with Gasteiger partial charge in [-0.05, 0) is 20.0 Å². The minimum Gasteiger partial charge on any atom is -0.303 e. The maximum Gasteiger partial charge on any atom is 0.140 e. The molecule has 0 amide bonds. The van der Waals surface area contributed by atoms with Gasteiger partial charge in [0.25, 0.3) is 0 Å². The van der Waals surface area contributed by atoms with Crippen LogP contribution in [-0.4, -0.2) is 35.3 Å². The highest BCUT2D eigenvalue weighted by molar-refractivity contribution is 7.09. The van der Waals surface area contributed by atoms with Crippen molar-refractivity contribution in [3.8, 4) is 0 Å². The predicted octanol–water partition coefficient (Wildman–Crippen LogP) is 2.30. The fraction of sp³-hybridized carbons (Fsp3) is 0.667. The first-order valence-corrected chi connectivity index (χ1v) is 6.68. The molecule has 0 aliphatic carbocycles. The summed E-state index contributed by atoms with van der Waals surface area (Å²) < 4.78 is 0. The fourth-order valence-electron chi connectivity index (χ4n) is 1.56. The Labute approximate surface area is 101 Å². The molecule has 0 spiro atoms. The van der Waals surface area contributed by atoms with Gasteiger partial charge in [-0.25, -0.2) is 4.98 Å². The van der Waals surface area contributed by atoms with Gasteiger partial charge in [0.15, 0.2) is 0 Å². The second-order valence-corrected chi connectivity index (χ2v) is 4.82. The average molecular weight is 240 g/mol. The van der Waals surface area contributed by atoms with Gasteiger partial charge in [-0.15, -0.1) is 11.3 Å². The summed E-state index contributed by atoms with van der Waals surface area (Å²) in [6.45, 7) is 9.10. The number of carbonyl (C=O) groups is 1. The Balaban J connectivity index is 2.31. The molecular weight excluding hydrogens is 220 g/mol. The zero-order valence-electron chi connectivity index (χ0n) is 10.3. The third-order valence-electron chi connectivity index (χ3n) is 2.62. The smallest absolute Gasteiger partial charge is 0.140 e. The third kappa shape index (κ3) is 4.41. The number of nitrogens with zero attached hydrogens (tertiary/aromatic N) is 2. The number of Topliss-reactive ketones (excluding diaryl/α,β-unsaturated/α-hetero) is 1. The molecule has 16 heavy (non-hydrogen) atoms. The number of aryl methyl sites for hydroxylation is 1. The van der Waals surface area contributed by atoms with Crippen LogP contribution in [0.2, 0.25) is 0 Å². The minimum absolute atomic E-state index is 0.293. The third-order valence-corrected chi connectivity index (χ3v) is 3.58. The molecule has 0 aromatic carbocycles. The molecule has 0 saturated heterocycles. The number of ketones is 1. The lowest BCUT2D eigenvalue weighted by molar-refractivity contribution is -0.118. The molecule has 0 aliphatic rings. The lowest BCUT2D eigenvalue weighted by atomic mass is 10.2. The summed E-state index contributed by atoms with van der Waals surface area (Å²) >= 11 is 1.58. The highest BCUT2D eigenvalue weighted by atomic mass is 32.1. The zero-order chi connectivity index (χ0) is 12.0. The maximum atomic E-state index is 11.7. The van der Waals surface area contributed by atoms with Crippen LogP contribution in [0, 0.1) is 6.92 Å². The van der Waals surface area contributed by atoms with Crippen molar-refractivity contribution >= 4 is 17.1 Å². The highest BCUT2D eigenvalue weighted by Crippen LogP contribution is 2.10. The zero-order valence-corrected chi connectivity index (χ0v) is 11.1. The number of thiazole rings is 1. The Hall–Kier alpha value is -0.740. The van der Waals surface area contributed by atoms with Crippen LogP contribution in [0.25, 0.3) is 0 Å². The second kappa shape index (κ2) is 6.76. The summed E-state index contributed by atoms with van der Waals surface area (Å²) in [5, 5.41) is 2.94. The van der Waals surface area contributed by atoms with Crippen molar-refractivity contribution in [3.05, 3.63) is 16.1 Å². The molecule has 0 atom stereocenters. The van der Waals surface area contributed by atoms with Crippen molar-refractivity contribution in [3.63, 3.8) is 0 Å². The number of hydrogen-bond donors (Lipinski definition) is 0. The van der Waals surface area contributed by atoms with E-state index in [1.807, 2.05) is 12.3 Å². The molecule has 0 aliphatic heterocycles. The van der Waals surface area contributed by atoms with Crippen LogP contribution >= 0.6 is 11.3 Å². The molecule has 0 N–H and O–H groups in total. The van der Waals surface area contributed by atoms with E-state index in [1.54, 1.807) is 11.3 Å². The van der Waals surface area contributed by atoms with Gasteiger partial charge in [-0.3, -0.25) is 4.79 Å². The summed E-state index contributed by atoms with van der Waals surface area (Å²) in [7, 11) is 0. The van der Waals surface area contributed by atoms with Gasteiger partial charge in [0.05, 0.1) is 6.42 Å². The van der Waals surface area contributed by atoms with Crippen LogP contribution < -0.4 is 0 Å². The highest BCUT2D eigenvalue weighted by Gasteiger charge is 2.08. The molecule has 0 radical (unpaired) electrons. The van der Waals surface area contributed by atoms with E-state index in [0.717, 1.165) is 30.3 Å². The van der Waals surface area contributed by atoms with E-state index in [9.17, 15) is 4.79 Å². The van der Waals surface area contributed by atoms with Crippen molar-refractivity contribution in [1.29, 1.82) is 0 Å². The summed E-state index contributed by atoms with van der Waals surface area (Å²) in [5.41, 5.74) is 1.01. The van der Waals surface area contributed by atoms with Crippen molar-refractivity contribution in [2.24, 2.45) is 0 Å². The van der Waals surface area contributed by atoms with Crippen molar-refractivity contribution < 1.29 is 4.79 Å². The first-order chi connectivity index (χ1) is 7.65. The van der Waals surface area contributed by atoms with E-state index < -0.39 is 0 Å². The minimum atomic E-state index is 0.293. The van der Waals surface area contributed by atoms with Crippen molar-refractivity contribution in [1.82, 2.24) is 9.88 Å². The van der Waals surface area contributed by atoms with Crippen LogP contribution in [0.1, 0.15) is 31.0 Å². The van der Waals surface area contributed by atoms with Crippen LogP contribution in [0.5, 0.6) is 0 Å². The molecule has 90 valence electrons. The number of carbonyl (C=O) groups excluding carboxylic acids is 1. The molecule has 0 bridgehead atoms. The van der Waals surface area contributed by atoms with Gasteiger partial charge in [-0.2, -0.15) is 0 Å². The Morgan fingerprint density at radius 3 is 2.62 bits per heavy atom. The molecule has 1 rings (SSSR count). The molecule has 1 heterocycles. The van der Waals surface area contributed by atoms with Gasteiger partial charge < -0.3 is 4.90 Å². The fourth-order valence-corrected chi connectivity index (χ4v) is 2.36. The number of aromatic nitrogens is 1. The van der Waals surface area contributed by atoms with E-state index in [0.29, 0.717) is 18.6 Å². The van der Waals surface area contributed by atoms with Crippen LogP contribution in [0.15, 0.2) is 5.38 Å². The van der Waals surface area contributed by atoms with E-state index in [4.69, 9.17) is 0 Å². The van der Waals surface area contributed by atoms with Crippen LogP contribution in [-0.2, 0) is 11.2 Å². The molecule has 0 fully saturated rings. The quantitative estimate of drug-likeness (QED) is 0.733. The first kappa shape index (κ1) is 13.3. The topological polar surface area (TPSA) is 33.2 Å². The Bertz CT molecular complexity index is 332. The van der Waals surface area contributed by atoms with E-state index in [1.165, 1.54) is 0 Å². The standard InChI is InChI=1S/C12H20N2OS/c1-4-14(5-2)7-6-11(15)8-12-13-10(3)9-16-12/h9H,4-8H2,1-3H3. The molecule has 4 heteroatoms. The van der Waals surface area contributed by atoms with Gasteiger partial charge in [-0.1, -0.05) is 13.8 Å². The second-order valence-electron chi connectivity index (χ2n) is 3.87. The van der Waals surface area contributed by atoms with Crippen molar-refractivity contribution in [2.75, 3.05) is 19.6 Å². The Morgan fingerprint density at radius 2 is 2.12 bits per heavy atom. The lowest BCUT2D eigenvalue weighted by Crippen LogP contribution is -2.26. The van der Waals surface area contributed by atoms with Gasteiger partial charge in [0.2, 0.25) is 0 Å². The van der Waals surface area contributed by atoms with Crippen LogP contribution in [0.4, 0.5) is 0 Å². The SMILES string of the molecule is CCN(CC)CCC(=O)Cc1nc(C)cs1. The summed E-state index contributed by atoms with van der Waals surface area (Å²) in [5.74, 6) is 0.293. The van der Waals surface area contributed by atoms with Gasteiger partial charge in [0.1, 0.15) is 10.8 Å². The van der Waals surface area contributed by atoms with E-state index >= 15 is 0 Å². The molecular formula is C12H20N2OS. The monoisotopic (exact) mass is 240 g/mol. The lowest BCUT2D eigenvalue weighted by Gasteiger charge is -2.16. The first-order valence-electron chi connectivity index (χ1n) is 5.80. The molecule has 3 nitrogen and oxygen atoms in total. The average Bonchev–Trinajstić information content (AvgIpc) is 2.65. The largest absolute Gasteiger partial charge is 0.303 e. The van der Waals surface area contributed by atoms with E-state index in [-0.39, 0.29) is 0 Å². The molecule has 0 saturated carbocycles. The summed E-state index contributed by atoms with van der Waals surface area (Å²) in [6.07, 6.45) is 1.14. The van der Waals surface area contributed by atoms with Crippen LogP contribution in [0.3, 0.4) is 0 Å². The molecule has 0 unspecified atom stereocenters. The Kier molecular flexibility index (Phi) is 5.63. The normalized spacial score (nSPS) is 11.0.